The average Bonchev–Trinajstić information content (AvgIpc) is 2.45. The number of amides is 1. The maximum absolute atomic E-state index is 12.1. The Morgan fingerprint density at radius 3 is 2.41 bits per heavy atom. The fraction of sp³-hybridized carbons (Fsp3) is 0.533. The second kappa shape index (κ2) is 7.33. The van der Waals surface area contributed by atoms with Crippen LogP contribution in [0.25, 0.3) is 0 Å². The summed E-state index contributed by atoms with van der Waals surface area (Å²) in [4.78, 5) is 13.8. The minimum atomic E-state index is -2.95. The number of hydrogen-bond donors (Lipinski definition) is 0. The Balaban J connectivity index is 1.76. The van der Waals surface area contributed by atoms with E-state index in [4.69, 9.17) is 16.3 Å². The summed E-state index contributed by atoms with van der Waals surface area (Å²) in [6.45, 7) is 1.16. The summed E-state index contributed by atoms with van der Waals surface area (Å²) in [6.07, 6.45) is 2.70. The predicted molar refractivity (Wildman–Crippen MR) is 86.0 cm³/mol. The van der Waals surface area contributed by atoms with Gasteiger partial charge < -0.3 is 9.64 Å². The highest BCUT2D eigenvalue weighted by atomic mass is 35.5. The molecule has 0 aromatic heterocycles. The first-order valence-corrected chi connectivity index (χ1v) is 9.61. The first-order chi connectivity index (χ1) is 10.3. The normalized spacial score (nSPS) is 16.5. The molecule has 122 valence electrons. The number of likely N-dealkylation sites (tertiary alicyclic amines) is 1. The Morgan fingerprint density at radius 2 is 1.86 bits per heavy atom. The van der Waals surface area contributed by atoms with Crippen LogP contribution in [-0.2, 0) is 14.6 Å². The van der Waals surface area contributed by atoms with Crippen molar-refractivity contribution < 1.29 is 17.9 Å². The molecule has 2 rings (SSSR count). The van der Waals surface area contributed by atoms with Crippen molar-refractivity contribution in [3.05, 3.63) is 29.3 Å². The molecule has 1 aliphatic rings. The number of halogens is 1. The fourth-order valence-corrected chi connectivity index (χ4v) is 3.86. The van der Waals surface area contributed by atoms with E-state index in [-0.39, 0.29) is 24.2 Å². The SMILES string of the molecule is CS(=O)(=O)CC1CCN(C(=O)COc2ccc(Cl)cc2)CC1. The monoisotopic (exact) mass is 345 g/mol. The maximum atomic E-state index is 12.1. The summed E-state index contributed by atoms with van der Waals surface area (Å²) in [7, 11) is -2.95. The van der Waals surface area contributed by atoms with E-state index in [0.717, 1.165) is 12.8 Å². The van der Waals surface area contributed by atoms with Gasteiger partial charge in [-0.05, 0) is 43.0 Å². The third-order valence-electron chi connectivity index (χ3n) is 3.68. The highest BCUT2D eigenvalue weighted by Gasteiger charge is 2.25. The second-order valence-electron chi connectivity index (χ2n) is 5.66. The summed E-state index contributed by atoms with van der Waals surface area (Å²) < 4.78 is 28.0. The van der Waals surface area contributed by atoms with Gasteiger partial charge >= 0.3 is 0 Å². The van der Waals surface area contributed by atoms with E-state index in [9.17, 15) is 13.2 Å². The average molecular weight is 346 g/mol. The highest BCUT2D eigenvalue weighted by Crippen LogP contribution is 2.19. The van der Waals surface area contributed by atoms with Gasteiger partial charge in [-0.3, -0.25) is 4.79 Å². The molecule has 1 aromatic carbocycles. The molecule has 0 spiro atoms. The van der Waals surface area contributed by atoms with E-state index in [0.29, 0.717) is 23.9 Å². The Kier molecular flexibility index (Phi) is 5.69. The standard InChI is InChI=1S/C15H20ClNO4S/c1-22(19,20)11-12-6-8-17(9-7-12)15(18)10-21-14-4-2-13(16)3-5-14/h2-5,12H,6-11H2,1H3. The van der Waals surface area contributed by atoms with Crippen LogP contribution in [-0.4, -0.2) is 50.9 Å². The van der Waals surface area contributed by atoms with Crippen LogP contribution < -0.4 is 4.74 Å². The zero-order valence-electron chi connectivity index (χ0n) is 12.5. The van der Waals surface area contributed by atoms with Gasteiger partial charge in [-0.15, -0.1) is 0 Å². The van der Waals surface area contributed by atoms with Gasteiger partial charge in [-0.2, -0.15) is 0 Å². The summed E-state index contributed by atoms with van der Waals surface area (Å²) in [6, 6.07) is 6.85. The number of benzene rings is 1. The molecule has 1 saturated heterocycles. The van der Waals surface area contributed by atoms with E-state index in [1.54, 1.807) is 29.2 Å². The molecular formula is C15H20ClNO4S. The molecule has 1 aliphatic heterocycles. The van der Waals surface area contributed by atoms with Crippen LogP contribution in [0.2, 0.25) is 5.02 Å². The van der Waals surface area contributed by atoms with Gasteiger partial charge in [0.1, 0.15) is 15.6 Å². The van der Waals surface area contributed by atoms with Crippen LogP contribution in [0.1, 0.15) is 12.8 Å². The lowest BCUT2D eigenvalue weighted by atomic mass is 9.99. The summed E-state index contributed by atoms with van der Waals surface area (Å²) in [5.41, 5.74) is 0. The summed E-state index contributed by atoms with van der Waals surface area (Å²) in [5.74, 6) is 0.879. The van der Waals surface area contributed by atoms with Crippen molar-refractivity contribution in [3.63, 3.8) is 0 Å². The molecule has 0 N–H and O–H groups in total. The quantitative estimate of drug-likeness (QED) is 0.818. The first-order valence-electron chi connectivity index (χ1n) is 7.17. The third kappa shape index (κ3) is 5.50. The van der Waals surface area contributed by atoms with Gasteiger partial charge in [0, 0.05) is 24.4 Å². The lowest BCUT2D eigenvalue weighted by Crippen LogP contribution is -2.42. The number of carbonyl (C=O) groups is 1. The lowest BCUT2D eigenvalue weighted by molar-refractivity contribution is -0.134. The number of ether oxygens (including phenoxy) is 1. The summed E-state index contributed by atoms with van der Waals surface area (Å²) >= 11 is 5.78. The molecule has 0 aliphatic carbocycles. The van der Waals surface area contributed by atoms with Crippen LogP contribution in [0.5, 0.6) is 5.75 Å². The van der Waals surface area contributed by atoms with Gasteiger partial charge in [-0.1, -0.05) is 11.6 Å². The van der Waals surface area contributed by atoms with E-state index >= 15 is 0 Å². The van der Waals surface area contributed by atoms with Crippen molar-refractivity contribution in [1.82, 2.24) is 4.90 Å². The molecule has 5 nitrogen and oxygen atoms in total. The fourth-order valence-electron chi connectivity index (χ4n) is 2.54. The van der Waals surface area contributed by atoms with Crippen molar-refractivity contribution in [2.45, 2.75) is 12.8 Å². The van der Waals surface area contributed by atoms with E-state index < -0.39 is 9.84 Å². The number of carbonyl (C=O) groups excluding carboxylic acids is 1. The molecule has 0 bridgehead atoms. The Labute approximate surface area is 136 Å². The van der Waals surface area contributed by atoms with Crippen LogP contribution in [0, 0.1) is 5.92 Å². The van der Waals surface area contributed by atoms with Gasteiger partial charge in [-0.25, -0.2) is 8.42 Å². The van der Waals surface area contributed by atoms with Crippen molar-refractivity contribution in [2.75, 3.05) is 31.7 Å². The molecule has 0 saturated carbocycles. The van der Waals surface area contributed by atoms with Crippen LogP contribution in [0.4, 0.5) is 0 Å². The van der Waals surface area contributed by atoms with Crippen LogP contribution in [0.3, 0.4) is 0 Å². The number of piperidine rings is 1. The zero-order chi connectivity index (χ0) is 16.2. The van der Waals surface area contributed by atoms with Crippen molar-refractivity contribution >= 4 is 27.3 Å². The van der Waals surface area contributed by atoms with Crippen molar-refractivity contribution in [3.8, 4) is 5.75 Å². The lowest BCUT2D eigenvalue weighted by Gasteiger charge is -2.31. The number of nitrogens with zero attached hydrogens (tertiary/aromatic N) is 1. The molecule has 0 radical (unpaired) electrons. The molecule has 7 heteroatoms. The van der Waals surface area contributed by atoms with Gasteiger partial charge in [0.05, 0.1) is 5.75 Å². The van der Waals surface area contributed by atoms with Gasteiger partial charge in [0.25, 0.3) is 5.91 Å². The first kappa shape index (κ1) is 17.1. The van der Waals surface area contributed by atoms with Gasteiger partial charge in [0.15, 0.2) is 6.61 Å². The maximum Gasteiger partial charge on any atom is 0.260 e. The van der Waals surface area contributed by atoms with Gasteiger partial charge in [0.2, 0.25) is 0 Å². The molecule has 1 amide bonds. The predicted octanol–water partition coefficient (Wildman–Crippen LogP) is 2.00. The molecule has 1 fully saturated rings. The number of sulfone groups is 1. The van der Waals surface area contributed by atoms with Crippen LogP contribution >= 0.6 is 11.6 Å². The van der Waals surface area contributed by atoms with Crippen molar-refractivity contribution in [1.29, 1.82) is 0 Å². The molecular weight excluding hydrogens is 326 g/mol. The Morgan fingerprint density at radius 1 is 1.27 bits per heavy atom. The molecule has 1 heterocycles. The minimum absolute atomic E-state index is 0.0155. The highest BCUT2D eigenvalue weighted by molar-refractivity contribution is 7.90. The Hall–Kier alpha value is -1.27. The molecule has 0 atom stereocenters. The van der Waals surface area contributed by atoms with E-state index in [1.807, 2.05) is 0 Å². The zero-order valence-corrected chi connectivity index (χ0v) is 14.1. The topological polar surface area (TPSA) is 63.7 Å². The molecule has 0 unspecified atom stereocenters. The van der Waals surface area contributed by atoms with Crippen LogP contribution in [0.15, 0.2) is 24.3 Å². The Bertz CT molecular complexity index is 607. The van der Waals surface area contributed by atoms with Crippen molar-refractivity contribution in [2.24, 2.45) is 5.92 Å². The van der Waals surface area contributed by atoms with E-state index in [1.165, 1.54) is 6.26 Å². The minimum Gasteiger partial charge on any atom is -0.484 e. The molecule has 1 aromatic rings. The second-order valence-corrected chi connectivity index (χ2v) is 8.28. The number of rotatable bonds is 5. The summed E-state index contributed by atoms with van der Waals surface area (Å²) in [5, 5.41) is 0.617. The largest absolute Gasteiger partial charge is 0.484 e. The van der Waals surface area contributed by atoms with E-state index in [2.05, 4.69) is 0 Å². The molecule has 22 heavy (non-hydrogen) atoms. The smallest absolute Gasteiger partial charge is 0.260 e. The third-order valence-corrected chi connectivity index (χ3v) is 5.01. The number of hydrogen-bond acceptors (Lipinski definition) is 4.